The molecule has 0 aliphatic rings. The molecule has 12 heteroatoms. The summed E-state index contributed by atoms with van der Waals surface area (Å²) in [5.41, 5.74) is 0.182. The van der Waals surface area contributed by atoms with Gasteiger partial charge in [-0.2, -0.15) is 0 Å². The Morgan fingerprint density at radius 2 is 1.55 bits per heavy atom. The summed E-state index contributed by atoms with van der Waals surface area (Å²) in [7, 11) is -0.275. The summed E-state index contributed by atoms with van der Waals surface area (Å²) >= 11 is 5.95. The second kappa shape index (κ2) is 12.5. The highest BCUT2D eigenvalue weighted by Gasteiger charge is 2.30. The average Bonchev–Trinajstić information content (AvgIpc) is 2.91. The van der Waals surface area contributed by atoms with Crippen LogP contribution in [0.3, 0.4) is 0 Å². The highest BCUT2D eigenvalue weighted by atomic mass is 35.5. The first-order valence-electron chi connectivity index (χ1n) is 11.3. The minimum Gasteiger partial charge on any atom is -0.493 e. The summed E-state index contributed by atoms with van der Waals surface area (Å²) in [4.78, 5) is 25.6. The number of para-hydroxylation sites is 2. The highest BCUT2D eigenvalue weighted by molar-refractivity contribution is 7.92. The van der Waals surface area contributed by atoms with Gasteiger partial charge in [0.2, 0.25) is 5.91 Å². The molecule has 38 heavy (non-hydrogen) atoms. The Labute approximate surface area is 226 Å². The molecule has 1 amide bonds. The predicted molar refractivity (Wildman–Crippen MR) is 143 cm³/mol. The van der Waals surface area contributed by atoms with Crippen LogP contribution in [0.4, 0.5) is 11.4 Å². The first kappa shape index (κ1) is 28.6. The van der Waals surface area contributed by atoms with Gasteiger partial charge in [-0.3, -0.25) is 9.10 Å². The van der Waals surface area contributed by atoms with Crippen molar-refractivity contribution in [2.75, 3.05) is 44.1 Å². The van der Waals surface area contributed by atoms with Crippen molar-refractivity contribution in [3.63, 3.8) is 0 Å². The average molecular weight is 563 g/mol. The lowest BCUT2D eigenvalue weighted by atomic mass is 10.1. The number of nitrogens with one attached hydrogen (secondary N) is 1. The summed E-state index contributed by atoms with van der Waals surface area (Å²) in [6.45, 7) is 1.38. The summed E-state index contributed by atoms with van der Waals surface area (Å²) in [5.74, 6) is -0.743. The summed E-state index contributed by atoms with van der Waals surface area (Å²) in [6.07, 6.45) is 0. The summed E-state index contributed by atoms with van der Waals surface area (Å²) < 4.78 is 49.4. The third-order valence-corrected chi connectivity index (χ3v) is 7.35. The lowest BCUT2D eigenvalue weighted by molar-refractivity contribution is -0.114. The minimum atomic E-state index is -4.26. The van der Waals surface area contributed by atoms with Crippen molar-refractivity contribution in [1.29, 1.82) is 0 Å². The van der Waals surface area contributed by atoms with Gasteiger partial charge < -0.3 is 24.3 Å². The van der Waals surface area contributed by atoms with Crippen LogP contribution in [0.5, 0.6) is 17.2 Å². The summed E-state index contributed by atoms with van der Waals surface area (Å²) in [5, 5.41) is 2.95. The molecule has 0 heterocycles. The van der Waals surface area contributed by atoms with Crippen molar-refractivity contribution in [3.05, 3.63) is 71.2 Å². The number of hydrogen-bond acceptors (Lipinski definition) is 8. The van der Waals surface area contributed by atoms with Crippen LogP contribution < -0.4 is 23.8 Å². The monoisotopic (exact) mass is 562 g/mol. The maximum atomic E-state index is 13.7. The van der Waals surface area contributed by atoms with Crippen LogP contribution in [0.2, 0.25) is 5.02 Å². The number of sulfonamides is 1. The Hall–Kier alpha value is -3.96. The van der Waals surface area contributed by atoms with Crippen LogP contribution in [0, 0.1) is 0 Å². The molecule has 1 N–H and O–H groups in total. The molecule has 0 saturated heterocycles. The predicted octanol–water partition coefficient (Wildman–Crippen LogP) is 4.38. The van der Waals surface area contributed by atoms with Crippen molar-refractivity contribution in [3.8, 4) is 17.2 Å². The van der Waals surface area contributed by atoms with Crippen LogP contribution in [-0.2, 0) is 19.6 Å². The zero-order valence-electron chi connectivity index (χ0n) is 21.2. The molecule has 3 rings (SSSR count). The number of carbonyl (C=O) groups excluding carboxylic acids is 2. The fourth-order valence-electron chi connectivity index (χ4n) is 3.56. The molecule has 0 aliphatic heterocycles. The second-order valence-corrected chi connectivity index (χ2v) is 9.96. The molecule has 10 nitrogen and oxygen atoms in total. The van der Waals surface area contributed by atoms with Crippen molar-refractivity contribution in [2.24, 2.45) is 0 Å². The van der Waals surface area contributed by atoms with Crippen LogP contribution in [0.15, 0.2) is 65.6 Å². The molecule has 0 unspecified atom stereocenters. The van der Waals surface area contributed by atoms with Crippen molar-refractivity contribution in [1.82, 2.24) is 0 Å². The van der Waals surface area contributed by atoms with Crippen LogP contribution >= 0.6 is 11.6 Å². The minimum absolute atomic E-state index is 0.0136. The SMILES string of the molecule is CCOc1ccccc1N(CC(=O)Nc1cc(OC)c(OC)cc1C(=O)OC)S(=O)(=O)c1ccc(Cl)cc1. The van der Waals surface area contributed by atoms with E-state index in [-0.39, 0.29) is 45.7 Å². The van der Waals surface area contributed by atoms with Gasteiger partial charge in [0, 0.05) is 17.2 Å². The Morgan fingerprint density at radius 1 is 0.921 bits per heavy atom. The maximum Gasteiger partial charge on any atom is 0.340 e. The molecule has 0 spiro atoms. The molecule has 0 atom stereocenters. The van der Waals surface area contributed by atoms with Gasteiger partial charge in [-0.05, 0) is 43.3 Å². The molecule has 0 aromatic heterocycles. The number of ether oxygens (including phenoxy) is 4. The van der Waals surface area contributed by atoms with Crippen LogP contribution in [-0.4, -0.2) is 54.8 Å². The molecule has 0 bridgehead atoms. The zero-order valence-corrected chi connectivity index (χ0v) is 22.8. The number of methoxy groups -OCH3 is 3. The van der Waals surface area contributed by atoms with Gasteiger partial charge in [-0.25, -0.2) is 13.2 Å². The molecule has 3 aromatic carbocycles. The van der Waals surface area contributed by atoms with E-state index in [0.29, 0.717) is 5.02 Å². The van der Waals surface area contributed by atoms with Crippen LogP contribution in [0.25, 0.3) is 0 Å². The number of esters is 1. The molecule has 202 valence electrons. The lowest BCUT2D eigenvalue weighted by Gasteiger charge is -2.26. The van der Waals surface area contributed by atoms with Gasteiger partial charge in [0.25, 0.3) is 10.0 Å². The van der Waals surface area contributed by atoms with E-state index in [1.165, 1.54) is 63.8 Å². The van der Waals surface area contributed by atoms with E-state index in [9.17, 15) is 18.0 Å². The molecule has 0 saturated carbocycles. The van der Waals surface area contributed by atoms with Gasteiger partial charge in [-0.15, -0.1) is 0 Å². The third-order valence-electron chi connectivity index (χ3n) is 5.33. The normalized spacial score (nSPS) is 10.9. The standard InChI is InChI=1S/C26H27ClN2O8S/c1-5-37-22-9-7-6-8-21(22)29(38(32,33)18-12-10-17(27)11-13-18)16-25(30)28-20-15-24(35-3)23(34-2)14-19(20)26(31)36-4/h6-15H,5,16H2,1-4H3,(H,28,30). The van der Waals surface area contributed by atoms with E-state index in [4.69, 9.17) is 30.5 Å². The molecule has 0 fully saturated rings. The fraction of sp³-hybridized carbons (Fsp3) is 0.231. The smallest absolute Gasteiger partial charge is 0.340 e. The number of halogens is 1. The Balaban J connectivity index is 2.06. The quantitative estimate of drug-likeness (QED) is 0.342. The fourth-order valence-corrected chi connectivity index (χ4v) is 5.11. The number of hydrogen-bond donors (Lipinski definition) is 1. The first-order chi connectivity index (χ1) is 18.2. The number of nitrogens with zero attached hydrogens (tertiary/aromatic N) is 1. The Kier molecular flexibility index (Phi) is 9.43. The van der Waals surface area contributed by atoms with E-state index in [0.717, 1.165) is 4.31 Å². The number of carbonyl (C=O) groups is 2. The van der Waals surface area contributed by atoms with E-state index >= 15 is 0 Å². The topological polar surface area (TPSA) is 120 Å². The number of anilines is 2. The van der Waals surface area contributed by atoms with E-state index in [1.54, 1.807) is 25.1 Å². The molecular weight excluding hydrogens is 536 g/mol. The van der Waals surface area contributed by atoms with Crippen LogP contribution in [0.1, 0.15) is 17.3 Å². The van der Waals surface area contributed by atoms with Gasteiger partial charge in [0.1, 0.15) is 12.3 Å². The Morgan fingerprint density at radius 3 is 2.16 bits per heavy atom. The number of rotatable bonds is 11. The molecule has 0 radical (unpaired) electrons. The molecular formula is C26H27ClN2O8S. The zero-order chi connectivity index (χ0) is 27.9. The molecule has 3 aromatic rings. The van der Waals surface area contributed by atoms with Crippen molar-refractivity contribution in [2.45, 2.75) is 11.8 Å². The Bertz CT molecular complexity index is 1410. The van der Waals surface area contributed by atoms with Crippen molar-refractivity contribution < 1.29 is 37.0 Å². The largest absolute Gasteiger partial charge is 0.493 e. The van der Waals surface area contributed by atoms with E-state index in [2.05, 4.69) is 5.32 Å². The lowest BCUT2D eigenvalue weighted by Crippen LogP contribution is -2.38. The summed E-state index contributed by atoms with van der Waals surface area (Å²) in [6, 6.07) is 14.7. The second-order valence-electron chi connectivity index (χ2n) is 7.66. The van der Waals surface area contributed by atoms with Gasteiger partial charge >= 0.3 is 5.97 Å². The number of benzene rings is 3. The van der Waals surface area contributed by atoms with Crippen molar-refractivity contribution >= 4 is 44.9 Å². The van der Waals surface area contributed by atoms with E-state index in [1.807, 2.05) is 0 Å². The van der Waals surface area contributed by atoms with Gasteiger partial charge in [0.05, 0.1) is 49.8 Å². The van der Waals surface area contributed by atoms with Gasteiger partial charge in [-0.1, -0.05) is 23.7 Å². The number of amides is 1. The third kappa shape index (κ3) is 6.29. The maximum absolute atomic E-state index is 13.7. The van der Waals surface area contributed by atoms with Gasteiger partial charge in [0.15, 0.2) is 11.5 Å². The first-order valence-corrected chi connectivity index (χ1v) is 13.1. The van der Waals surface area contributed by atoms with E-state index < -0.39 is 28.4 Å². The highest BCUT2D eigenvalue weighted by Crippen LogP contribution is 2.35. The molecule has 0 aliphatic carbocycles.